The first-order valence-electron chi connectivity index (χ1n) is 9.14. The summed E-state index contributed by atoms with van der Waals surface area (Å²) in [7, 11) is 3.67. The van der Waals surface area contributed by atoms with Crippen molar-refractivity contribution in [2.75, 3.05) is 14.2 Å². The third-order valence-corrected chi connectivity index (χ3v) is 6.19. The van der Waals surface area contributed by atoms with E-state index >= 15 is 0 Å². The fourth-order valence-electron chi connectivity index (χ4n) is 4.82. The van der Waals surface area contributed by atoms with E-state index in [1.54, 1.807) is 0 Å². The second-order valence-electron chi connectivity index (χ2n) is 7.34. The molecule has 3 heteroatoms. The number of rotatable bonds is 3. The average Bonchev–Trinajstić information content (AvgIpc) is 2.90. The predicted molar refractivity (Wildman–Crippen MR) is 99.3 cm³/mol. The summed E-state index contributed by atoms with van der Waals surface area (Å²) >= 11 is 0. The van der Waals surface area contributed by atoms with Gasteiger partial charge < -0.3 is 4.74 Å². The van der Waals surface area contributed by atoms with E-state index in [9.17, 15) is 4.79 Å². The van der Waals surface area contributed by atoms with Gasteiger partial charge in [0.2, 0.25) is 0 Å². The van der Waals surface area contributed by atoms with Crippen LogP contribution >= 0.6 is 0 Å². The number of carbonyl (C=O) groups is 1. The van der Waals surface area contributed by atoms with E-state index < -0.39 is 0 Å². The lowest BCUT2D eigenvalue weighted by Crippen LogP contribution is -2.49. The fraction of sp³-hybridized carbons (Fsp3) is 0.409. The van der Waals surface area contributed by atoms with Gasteiger partial charge in [-0.3, -0.25) is 9.69 Å². The summed E-state index contributed by atoms with van der Waals surface area (Å²) in [5, 5.41) is 0. The minimum atomic E-state index is -0.0608. The highest BCUT2D eigenvalue weighted by atomic mass is 16.5. The zero-order valence-electron chi connectivity index (χ0n) is 14.9. The molecule has 2 unspecified atom stereocenters. The van der Waals surface area contributed by atoms with Gasteiger partial charge in [-0.15, -0.1) is 0 Å². The van der Waals surface area contributed by atoms with E-state index in [4.69, 9.17) is 4.74 Å². The van der Waals surface area contributed by atoms with Crippen LogP contribution in [0.3, 0.4) is 0 Å². The van der Waals surface area contributed by atoms with E-state index in [-0.39, 0.29) is 17.8 Å². The molecule has 0 aromatic heterocycles. The number of fused-ring (bicyclic) bond motifs is 2. The summed E-state index contributed by atoms with van der Waals surface area (Å²) < 4.78 is 5.17. The smallest absolute Gasteiger partial charge is 0.310 e. The molecule has 0 aliphatic carbocycles. The second kappa shape index (κ2) is 6.64. The van der Waals surface area contributed by atoms with Crippen molar-refractivity contribution in [2.24, 2.45) is 5.92 Å². The van der Waals surface area contributed by atoms with E-state index in [0.717, 1.165) is 12.8 Å². The van der Waals surface area contributed by atoms with Gasteiger partial charge in [-0.05, 0) is 43.0 Å². The summed E-state index contributed by atoms with van der Waals surface area (Å²) in [5.41, 5.74) is 3.71. The number of carbonyl (C=O) groups excluding carboxylic acids is 1. The first-order valence-corrected chi connectivity index (χ1v) is 9.14. The van der Waals surface area contributed by atoms with Crippen molar-refractivity contribution < 1.29 is 9.53 Å². The molecule has 2 aromatic carbocycles. The van der Waals surface area contributed by atoms with E-state index in [2.05, 4.69) is 60.5 Å². The van der Waals surface area contributed by atoms with Gasteiger partial charge in [0.25, 0.3) is 0 Å². The lowest BCUT2D eigenvalue weighted by atomic mass is 9.76. The quantitative estimate of drug-likeness (QED) is 0.791. The summed E-state index contributed by atoms with van der Waals surface area (Å²) in [6, 6.07) is 20.1. The molecule has 2 fully saturated rings. The molecule has 4 atom stereocenters. The molecule has 0 radical (unpaired) electrons. The number of esters is 1. The maximum absolute atomic E-state index is 12.5. The van der Waals surface area contributed by atoms with E-state index in [0.29, 0.717) is 12.1 Å². The molecular formula is C22H25NO2. The largest absolute Gasteiger partial charge is 0.469 e. The van der Waals surface area contributed by atoms with Crippen molar-refractivity contribution in [3.8, 4) is 11.1 Å². The number of benzene rings is 2. The predicted octanol–water partition coefficient (Wildman–Crippen LogP) is 4.09. The Morgan fingerprint density at radius 3 is 2.36 bits per heavy atom. The third-order valence-electron chi connectivity index (χ3n) is 6.19. The number of hydrogen-bond acceptors (Lipinski definition) is 3. The lowest BCUT2D eigenvalue weighted by molar-refractivity contribution is -0.150. The van der Waals surface area contributed by atoms with Crippen LogP contribution in [-0.4, -0.2) is 37.1 Å². The molecule has 2 aliphatic heterocycles. The number of ether oxygens (including phenoxy) is 1. The zero-order chi connectivity index (χ0) is 17.4. The Hall–Kier alpha value is -2.13. The normalized spacial score (nSPS) is 28.7. The first kappa shape index (κ1) is 16.3. The van der Waals surface area contributed by atoms with Crippen molar-refractivity contribution >= 4 is 5.97 Å². The van der Waals surface area contributed by atoms with Crippen LogP contribution < -0.4 is 0 Å². The highest BCUT2D eigenvalue weighted by Crippen LogP contribution is 2.46. The third kappa shape index (κ3) is 2.87. The maximum Gasteiger partial charge on any atom is 0.310 e. The van der Waals surface area contributed by atoms with Crippen molar-refractivity contribution in [2.45, 2.75) is 37.3 Å². The minimum Gasteiger partial charge on any atom is -0.469 e. The van der Waals surface area contributed by atoms with Crippen LogP contribution in [0.25, 0.3) is 11.1 Å². The summed E-state index contributed by atoms with van der Waals surface area (Å²) in [4.78, 5) is 14.9. The topological polar surface area (TPSA) is 29.5 Å². The Morgan fingerprint density at radius 2 is 1.68 bits per heavy atom. The van der Waals surface area contributed by atoms with Gasteiger partial charge in [-0.25, -0.2) is 0 Å². The van der Waals surface area contributed by atoms with Crippen molar-refractivity contribution in [1.29, 1.82) is 0 Å². The van der Waals surface area contributed by atoms with Crippen LogP contribution in [-0.2, 0) is 9.53 Å². The number of piperidine rings is 1. The Bertz CT molecular complexity index is 740. The molecule has 2 saturated heterocycles. The van der Waals surface area contributed by atoms with Gasteiger partial charge in [0.15, 0.2) is 0 Å². The molecule has 2 aliphatic rings. The molecule has 130 valence electrons. The first-order chi connectivity index (χ1) is 12.2. The van der Waals surface area contributed by atoms with Crippen LogP contribution in [0.15, 0.2) is 54.6 Å². The van der Waals surface area contributed by atoms with Crippen LogP contribution in [0.1, 0.15) is 30.7 Å². The molecule has 2 heterocycles. The van der Waals surface area contributed by atoms with Crippen LogP contribution in [0.5, 0.6) is 0 Å². The summed E-state index contributed by atoms with van der Waals surface area (Å²) in [6.07, 6.45) is 3.32. The van der Waals surface area contributed by atoms with Crippen molar-refractivity contribution in [3.63, 3.8) is 0 Å². The van der Waals surface area contributed by atoms with Crippen LogP contribution in [0, 0.1) is 5.92 Å². The molecule has 0 spiro atoms. The number of methoxy groups -OCH3 is 1. The van der Waals surface area contributed by atoms with Gasteiger partial charge in [-0.2, -0.15) is 0 Å². The molecule has 0 amide bonds. The highest BCUT2D eigenvalue weighted by Gasteiger charge is 2.49. The van der Waals surface area contributed by atoms with Gasteiger partial charge >= 0.3 is 5.97 Å². The van der Waals surface area contributed by atoms with Crippen LogP contribution in [0.4, 0.5) is 0 Å². The molecular weight excluding hydrogens is 310 g/mol. The zero-order valence-corrected chi connectivity index (χ0v) is 14.9. The minimum absolute atomic E-state index is 0.0590. The molecule has 2 aromatic rings. The van der Waals surface area contributed by atoms with Crippen LogP contribution in [0.2, 0.25) is 0 Å². The van der Waals surface area contributed by atoms with Gasteiger partial charge in [0.05, 0.1) is 13.0 Å². The van der Waals surface area contributed by atoms with Gasteiger partial charge in [-0.1, -0.05) is 54.6 Å². The fourth-order valence-corrected chi connectivity index (χ4v) is 4.82. The standard InChI is InChI=1S/C22H25NO2/c1-23-18-12-13-20(23)21(22(24)25-2)19(14-18)17-10-8-16(9-11-17)15-6-4-3-5-7-15/h3-11,18-21H,12-14H2,1-2H3/t18?,19-,20-,21?/m1/s1. The maximum atomic E-state index is 12.5. The Morgan fingerprint density at radius 1 is 1.00 bits per heavy atom. The van der Waals surface area contributed by atoms with Gasteiger partial charge in [0.1, 0.15) is 0 Å². The Balaban J connectivity index is 1.64. The molecule has 0 N–H and O–H groups in total. The number of nitrogens with zero attached hydrogens (tertiary/aromatic N) is 1. The Labute approximate surface area is 149 Å². The summed E-state index contributed by atoms with van der Waals surface area (Å²) in [6.45, 7) is 0. The second-order valence-corrected chi connectivity index (χ2v) is 7.34. The van der Waals surface area contributed by atoms with Gasteiger partial charge in [0, 0.05) is 18.0 Å². The average molecular weight is 335 g/mol. The molecule has 0 saturated carbocycles. The van der Waals surface area contributed by atoms with Crippen molar-refractivity contribution in [3.05, 3.63) is 60.2 Å². The van der Waals surface area contributed by atoms with Crippen molar-refractivity contribution in [1.82, 2.24) is 4.90 Å². The molecule has 25 heavy (non-hydrogen) atoms. The Kier molecular flexibility index (Phi) is 4.34. The molecule has 4 rings (SSSR count). The van der Waals surface area contributed by atoms with E-state index in [1.165, 1.54) is 30.2 Å². The van der Waals surface area contributed by atoms with E-state index in [1.807, 2.05) is 6.07 Å². The SMILES string of the molecule is COC(=O)C1[C@@H](c2ccc(-c3ccccc3)cc2)CC2CC[C@H]1N2C. The lowest BCUT2D eigenvalue weighted by Gasteiger charge is -2.41. The number of hydrogen-bond donors (Lipinski definition) is 0. The molecule has 3 nitrogen and oxygen atoms in total. The molecule has 2 bridgehead atoms. The summed E-state index contributed by atoms with van der Waals surface area (Å²) in [5.74, 6) is 0.136. The highest BCUT2D eigenvalue weighted by molar-refractivity contribution is 5.75. The monoisotopic (exact) mass is 335 g/mol.